The maximum atomic E-state index is 12.5. The number of benzene rings is 2. The highest BCUT2D eigenvalue weighted by atomic mass is 16.5. The van der Waals surface area contributed by atoms with Gasteiger partial charge in [-0.3, -0.25) is 4.79 Å². The third-order valence-corrected chi connectivity index (χ3v) is 2.86. The number of carbonyl (C=O) groups is 1. The molecule has 0 heterocycles. The first-order chi connectivity index (χ1) is 9.18. The van der Waals surface area contributed by atoms with Gasteiger partial charge >= 0.3 is 0 Å². The van der Waals surface area contributed by atoms with Gasteiger partial charge in [0.2, 0.25) is 0 Å². The van der Waals surface area contributed by atoms with Crippen LogP contribution < -0.4 is 0 Å². The van der Waals surface area contributed by atoms with E-state index in [2.05, 4.69) is 0 Å². The quantitative estimate of drug-likeness (QED) is 0.276. The molecule has 3 heteroatoms. The Morgan fingerprint density at radius 1 is 1.05 bits per heavy atom. The molecule has 0 spiro atoms. The van der Waals surface area contributed by atoms with Crippen LogP contribution >= 0.6 is 0 Å². The second-order valence-corrected chi connectivity index (χ2v) is 4.31. The molecule has 0 bridgehead atoms. The van der Waals surface area contributed by atoms with E-state index < -0.39 is 5.92 Å². The Kier molecular flexibility index (Phi) is 4.08. The second-order valence-electron chi connectivity index (χ2n) is 4.31. The highest BCUT2D eigenvalue weighted by Gasteiger charge is 2.22. The molecule has 0 amide bonds. The molecule has 3 nitrogen and oxygen atoms in total. The minimum absolute atomic E-state index is 0.0745. The molecule has 0 saturated heterocycles. The Hall–Kier alpha value is -2.42. The monoisotopic (exact) mass is 253 g/mol. The highest BCUT2D eigenvalue weighted by Crippen LogP contribution is 2.19. The van der Waals surface area contributed by atoms with Gasteiger partial charge in [-0.2, -0.15) is 0 Å². The lowest BCUT2D eigenvalue weighted by atomic mass is 9.91. The topological polar surface area (TPSA) is 43.1 Å². The van der Waals surface area contributed by atoms with E-state index in [-0.39, 0.29) is 5.78 Å². The standard InChI is InChI=1S/C16H15NO2/c1-17(19)12-15(13-8-4-2-5-9-13)16(18)14-10-6-3-7-11-14/h2-12,15H,1H3/b17-12-. The molecule has 0 aromatic heterocycles. The molecule has 1 unspecified atom stereocenters. The summed E-state index contributed by atoms with van der Waals surface area (Å²) in [6, 6.07) is 18.3. The van der Waals surface area contributed by atoms with Gasteiger partial charge < -0.3 is 5.21 Å². The molecule has 19 heavy (non-hydrogen) atoms. The summed E-state index contributed by atoms with van der Waals surface area (Å²) < 4.78 is 0.679. The number of carbonyl (C=O) groups excluding carboxylic acids is 1. The lowest BCUT2D eigenvalue weighted by molar-refractivity contribution is -0.418. The smallest absolute Gasteiger partial charge is 0.180 e. The average molecular weight is 253 g/mol. The lowest BCUT2D eigenvalue weighted by Gasteiger charge is -2.11. The van der Waals surface area contributed by atoms with Crippen LogP contribution in [0.2, 0.25) is 0 Å². The maximum Gasteiger partial charge on any atom is 0.180 e. The van der Waals surface area contributed by atoms with Crippen molar-refractivity contribution in [1.82, 2.24) is 0 Å². The van der Waals surface area contributed by atoms with Crippen molar-refractivity contribution < 1.29 is 9.53 Å². The third-order valence-electron chi connectivity index (χ3n) is 2.86. The van der Waals surface area contributed by atoms with Crippen LogP contribution in [0.25, 0.3) is 0 Å². The molecule has 0 aliphatic carbocycles. The van der Waals surface area contributed by atoms with Gasteiger partial charge in [0, 0.05) is 5.56 Å². The fourth-order valence-corrected chi connectivity index (χ4v) is 1.96. The maximum absolute atomic E-state index is 12.5. The summed E-state index contributed by atoms with van der Waals surface area (Å²) in [6.07, 6.45) is 1.39. The van der Waals surface area contributed by atoms with Crippen LogP contribution in [0.15, 0.2) is 60.7 Å². The second kappa shape index (κ2) is 5.96. The Labute approximate surface area is 112 Å². The van der Waals surface area contributed by atoms with Crippen LogP contribution in [-0.2, 0) is 0 Å². The molecule has 2 aromatic rings. The van der Waals surface area contributed by atoms with Gasteiger partial charge in [-0.05, 0) is 5.56 Å². The minimum atomic E-state index is -0.550. The zero-order chi connectivity index (χ0) is 13.7. The number of hydroxylamine groups is 1. The van der Waals surface area contributed by atoms with Crippen molar-refractivity contribution >= 4 is 12.0 Å². The fourth-order valence-electron chi connectivity index (χ4n) is 1.96. The Bertz CT molecular complexity index is 572. The number of Topliss-reactive ketones (excluding diaryl/α,β-unsaturated/α-hetero) is 1. The zero-order valence-corrected chi connectivity index (χ0v) is 10.7. The summed E-state index contributed by atoms with van der Waals surface area (Å²) >= 11 is 0. The van der Waals surface area contributed by atoms with E-state index in [9.17, 15) is 10.0 Å². The largest absolute Gasteiger partial charge is 0.624 e. The van der Waals surface area contributed by atoms with Crippen LogP contribution in [0.3, 0.4) is 0 Å². The summed E-state index contributed by atoms with van der Waals surface area (Å²) in [4.78, 5) is 12.5. The molecule has 0 aliphatic heterocycles. The molecule has 0 fully saturated rings. The van der Waals surface area contributed by atoms with Crippen molar-refractivity contribution in [2.45, 2.75) is 5.92 Å². The third kappa shape index (κ3) is 3.28. The summed E-state index contributed by atoms with van der Waals surface area (Å²) in [5, 5.41) is 11.3. The molecular formula is C16H15NO2. The number of hydrogen-bond acceptors (Lipinski definition) is 2. The van der Waals surface area contributed by atoms with Gasteiger partial charge in [-0.1, -0.05) is 60.7 Å². The van der Waals surface area contributed by atoms with E-state index >= 15 is 0 Å². The summed E-state index contributed by atoms with van der Waals surface area (Å²) in [5.74, 6) is -0.624. The van der Waals surface area contributed by atoms with Gasteiger partial charge in [0.05, 0.1) is 0 Å². The van der Waals surface area contributed by atoms with Crippen molar-refractivity contribution in [2.24, 2.45) is 0 Å². The van der Waals surface area contributed by atoms with Crippen LogP contribution in [0, 0.1) is 5.21 Å². The summed E-state index contributed by atoms with van der Waals surface area (Å²) in [5.41, 5.74) is 1.42. The number of ketones is 1. The van der Waals surface area contributed by atoms with E-state index in [1.807, 2.05) is 48.5 Å². The summed E-state index contributed by atoms with van der Waals surface area (Å²) in [6.45, 7) is 0. The van der Waals surface area contributed by atoms with Crippen LogP contribution in [0.5, 0.6) is 0 Å². The molecule has 2 aromatic carbocycles. The van der Waals surface area contributed by atoms with E-state index in [1.54, 1.807) is 12.1 Å². The number of nitrogens with zero attached hydrogens (tertiary/aromatic N) is 1. The van der Waals surface area contributed by atoms with E-state index in [1.165, 1.54) is 13.3 Å². The number of hydrogen-bond donors (Lipinski definition) is 0. The molecular weight excluding hydrogens is 238 g/mol. The Morgan fingerprint density at radius 3 is 2.11 bits per heavy atom. The van der Waals surface area contributed by atoms with E-state index in [0.29, 0.717) is 10.3 Å². The molecule has 0 N–H and O–H groups in total. The van der Waals surface area contributed by atoms with Crippen molar-refractivity contribution in [2.75, 3.05) is 7.05 Å². The predicted molar refractivity (Wildman–Crippen MR) is 75.6 cm³/mol. The minimum Gasteiger partial charge on any atom is -0.624 e. The molecule has 96 valence electrons. The van der Waals surface area contributed by atoms with Crippen molar-refractivity contribution in [3.63, 3.8) is 0 Å². The molecule has 0 saturated carbocycles. The van der Waals surface area contributed by atoms with Crippen molar-refractivity contribution in [3.05, 3.63) is 77.0 Å². The molecule has 0 radical (unpaired) electrons. The average Bonchev–Trinajstić information content (AvgIpc) is 2.46. The zero-order valence-electron chi connectivity index (χ0n) is 10.7. The molecule has 2 rings (SSSR count). The first-order valence-electron chi connectivity index (χ1n) is 6.07. The SMILES string of the molecule is C/[N+]([O-])=C/C(C(=O)c1ccccc1)c1ccccc1. The van der Waals surface area contributed by atoms with Crippen molar-refractivity contribution in [1.29, 1.82) is 0 Å². The van der Waals surface area contributed by atoms with Crippen LogP contribution in [-0.4, -0.2) is 23.8 Å². The van der Waals surface area contributed by atoms with Crippen LogP contribution in [0.1, 0.15) is 21.8 Å². The fraction of sp³-hybridized carbons (Fsp3) is 0.125. The van der Waals surface area contributed by atoms with Gasteiger partial charge in [-0.15, -0.1) is 0 Å². The first kappa shape index (κ1) is 13.0. The van der Waals surface area contributed by atoms with Crippen molar-refractivity contribution in [3.8, 4) is 0 Å². The van der Waals surface area contributed by atoms with E-state index in [0.717, 1.165) is 5.56 Å². The van der Waals surface area contributed by atoms with Gasteiger partial charge in [-0.25, -0.2) is 4.74 Å². The van der Waals surface area contributed by atoms with Crippen LogP contribution in [0.4, 0.5) is 0 Å². The highest BCUT2D eigenvalue weighted by molar-refractivity contribution is 6.09. The predicted octanol–water partition coefficient (Wildman–Crippen LogP) is 2.86. The first-order valence-corrected chi connectivity index (χ1v) is 6.07. The van der Waals surface area contributed by atoms with Gasteiger partial charge in [0.25, 0.3) is 0 Å². The lowest BCUT2D eigenvalue weighted by Crippen LogP contribution is -2.18. The normalized spacial score (nSPS) is 13.0. The Balaban J connectivity index is 2.40. The van der Waals surface area contributed by atoms with Gasteiger partial charge in [0.15, 0.2) is 12.0 Å². The Morgan fingerprint density at radius 2 is 1.58 bits per heavy atom. The molecule has 1 atom stereocenters. The molecule has 0 aliphatic rings. The van der Waals surface area contributed by atoms with Gasteiger partial charge in [0.1, 0.15) is 13.0 Å². The number of rotatable bonds is 4. The summed E-state index contributed by atoms with van der Waals surface area (Å²) in [7, 11) is 1.38. The van der Waals surface area contributed by atoms with E-state index in [4.69, 9.17) is 0 Å².